The maximum atomic E-state index is 10.1. The van der Waals surface area contributed by atoms with E-state index in [0.717, 1.165) is 50.7 Å². The molecule has 2 unspecified atom stereocenters. The van der Waals surface area contributed by atoms with Gasteiger partial charge in [-0.1, -0.05) is 113 Å². The third-order valence-corrected chi connectivity index (χ3v) is 10.3. The Morgan fingerprint density at radius 1 is 0.580 bits per heavy atom. The minimum absolute atomic E-state index is 0.287. The second kappa shape index (κ2) is 18.1. The number of phenols is 1. The Morgan fingerprint density at radius 2 is 1.18 bits per heavy atom. The number of aryl methyl sites for hydroxylation is 1. The van der Waals surface area contributed by atoms with E-state index >= 15 is 0 Å². The standard InChI is InChI=1S/C47H56O3/c1-7-42-44(32-37-16-12-9-13-17-37)45(33(2)3)43(27-22-35-18-23-40(48)24-19-35)46(34(4)30-36-14-10-8-11-15-36)47(42)39(28-29-49-5)31-38-20-25-41(50-6)26-21-38/h8-21,23-26,33-34,39,48H,7,22,27-32H2,1-6H3. The van der Waals surface area contributed by atoms with E-state index in [-0.39, 0.29) is 5.92 Å². The molecule has 3 heteroatoms. The maximum absolute atomic E-state index is 10.1. The zero-order valence-electron chi connectivity index (χ0n) is 31.0. The molecule has 5 aromatic rings. The fraction of sp³-hybridized carbons (Fsp3) is 0.362. The molecule has 0 heterocycles. The highest BCUT2D eigenvalue weighted by atomic mass is 16.5. The third-order valence-electron chi connectivity index (χ3n) is 10.3. The van der Waals surface area contributed by atoms with Gasteiger partial charge in [0.05, 0.1) is 7.11 Å². The molecule has 0 aliphatic rings. The Bertz CT molecular complexity index is 1760. The lowest BCUT2D eigenvalue weighted by Crippen LogP contribution is -2.21. The van der Waals surface area contributed by atoms with Crippen LogP contribution in [0.3, 0.4) is 0 Å². The van der Waals surface area contributed by atoms with Gasteiger partial charge >= 0.3 is 0 Å². The van der Waals surface area contributed by atoms with Gasteiger partial charge in [-0.05, 0) is 143 Å². The van der Waals surface area contributed by atoms with Gasteiger partial charge in [-0.3, -0.25) is 0 Å². The van der Waals surface area contributed by atoms with E-state index in [0.29, 0.717) is 24.2 Å². The fourth-order valence-corrected chi connectivity index (χ4v) is 8.04. The van der Waals surface area contributed by atoms with Gasteiger partial charge in [-0.25, -0.2) is 0 Å². The maximum Gasteiger partial charge on any atom is 0.118 e. The first-order chi connectivity index (χ1) is 24.3. The predicted molar refractivity (Wildman–Crippen MR) is 209 cm³/mol. The molecule has 0 aromatic heterocycles. The van der Waals surface area contributed by atoms with Gasteiger partial charge in [0.15, 0.2) is 0 Å². The summed E-state index contributed by atoms with van der Waals surface area (Å²) in [5.41, 5.74) is 14.5. The Kier molecular flexibility index (Phi) is 13.3. The average molecular weight is 669 g/mol. The van der Waals surface area contributed by atoms with Gasteiger partial charge in [0.2, 0.25) is 0 Å². The normalized spacial score (nSPS) is 12.6. The van der Waals surface area contributed by atoms with Crippen molar-refractivity contribution in [3.05, 3.63) is 165 Å². The van der Waals surface area contributed by atoms with E-state index < -0.39 is 0 Å². The minimum Gasteiger partial charge on any atom is -0.508 e. The second-order valence-corrected chi connectivity index (χ2v) is 14.1. The Morgan fingerprint density at radius 3 is 1.76 bits per heavy atom. The molecule has 262 valence electrons. The van der Waals surface area contributed by atoms with E-state index in [1.165, 1.54) is 44.5 Å². The molecule has 0 bridgehead atoms. The van der Waals surface area contributed by atoms with Gasteiger partial charge in [-0.2, -0.15) is 0 Å². The molecule has 0 radical (unpaired) electrons. The van der Waals surface area contributed by atoms with Crippen molar-refractivity contribution < 1.29 is 14.6 Å². The number of hydrogen-bond donors (Lipinski definition) is 1. The lowest BCUT2D eigenvalue weighted by molar-refractivity contribution is 0.187. The molecular formula is C47H56O3. The molecular weight excluding hydrogens is 613 g/mol. The minimum atomic E-state index is 0.287. The Labute approximate surface area is 301 Å². The van der Waals surface area contributed by atoms with E-state index in [4.69, 9.17) is 9.47 Å². The number of phenolic OH excluding ortho intramolecular Hbond substituents is 1. The molecule has 3 nitrogen and oxygen atoms in total. The van der Waals surface area contributed by atoms with Crippen LogP contribution in [0.2, 0.25) is 0 Å². The first kappa shape index (κ1) is 36.9. The molecule has 0 aliphatic carbocycles. The number of rotatable bonds is 17. The molecule has 50 heavy (non-hydrogen) atoms. The van der Waals surface area contributed by atoms with E-state index in [2.05, 4.69) is 125 Å². The first-order valence-corrected chi connectivity index (χ1v) is 18.5. The van der Waals surface area contributed by atoms with Crippen LogP contribution in [-0.2, 0) is 43.3 Å². The predicted octanol–water partition coefficient (Wildman–Crippen LogP) is 11.2. The number of benzene rings is 5. The largest absolute Gasteiger partial charge is 0.508 e. The van der Waals surface area contributed by atoms with Crippen molar-refractivity contribution >= 4 is 0 Å². The molecule has 5 rings (SSSR count). The smallest absolute Gasteiger partial charge is 0.118 e. The van der Waals surface area contributed by atoms with Gasteiger partial charge in [-0.15, -0.1) is 0 Å². The first-order valence-electron chi connectivity index (χ1n) is 18.5. The summed E-state index contributed by atoms with van der Waals surface area (Å²) in [5, 5.41) is 10.1. The molecule has 0 aliphatic heterocycles. The molecule has 0 amide bonds. The summed E-state index contributed by atoms with van der Waals surface area (Å²) in [4.78, 5) is 0. The lowest BCUT2D eigenvalue weighted by atomic mass is 9.70. The van der Waals surface area contributed by atoms with E-state index in [1.807, 2.05) is 19.2 Å². The zero-order valence-corrected chi connectivity index (χ0v) is 31.0. The zero-order chi connectivity index (χ0) is 35.5. The quantitative estimate of drug-likeness (QED) is 0.107. The highest BCUT2D eigenvalue weighted by Crippen LogP contribution is 2.44. The molecule has 0 saturated carbocycles. The van der Waals surface area contributed by atoms with Crippen molar-refractivity contribution in [2.75, 3.05) is 20.8 Å². The highest BCUT2D eigenvalue weighted by Gasteiger charge is 2.31. The van der Waals surface area contributed by atoms with Crippen LogP contribution >= 0.6 is 0 Å². The van der Waals surface area contributed by atoms with Crippen molar-refractivity contribution in [3.8, 4) is 11.5 Å². The van der Waals surface area contributed by atoms with Crippen LogP contribution in [0.1, 0.15) is 108 Å². The van der Waals surface area contributed by atoms with E-state index in [1.54, 1.807) is 18.2 Å². The molecule has 0 spiro atoms. The van der Waals surface area contributed by atoms with Crippen LogP contribution in [-0.4, -0.2) is 25.9 Å². The lowest BCUT2D eigenvalue weighted by Gasteiger charge is -2.35. The van der Waals surface area contributed by atoms with Gasteiger partial charge in [0.1, 0.15) is 11.5 Å². The van der Waals surface area contributed by atoms with Crippen LogP contribution in [0.25, 0.3) is 0 Å². The van der Waals surface area contributed by atoms with Crippen LogP contribution in [0.15, 0.2) is 109 Å². The molecule has 5 aromatic carbocycles. The molecule has 0 saturated heterocycles. The summed E-state index contributed by atoms with van der Waals surface area (Å²) in [6.45, 7) is 10.3. The summed E-state index contributed by atoms with van der Waals surface area (Å²) in [7, 11) is 3.56. The van der Waals surface area contributed by atoms with Crippen molar-refractivity contribution in [3.63, 3.8) is 0 Å². The number of aromatic hydroxyl groups is 1. The summed E-state index contributed by atoms with van der Waals surface area (Å²) >= 11 is 0. The van der Waals surface area contributed by atoms with Gasteiger partial charge in [0.25, 0.3) is 0 Å². The second-order valence-electron chi connectivity index (χ2n) is 14.1. The number of methoxy groups -OCH3 is 2. The van der Waals surface area contributed by atoms with Crippen LogP contribution < -0.4 is 4.74 Å². The Balaban J connectivity index is 1.80. The van der Waals surface area contributed by atoms with Crippen LogP contribution in [0.5, 0.6) is 11.5 Å². The summed E-state index contributed by atoms with van der Waals surface area (Å²) in [6.07, 6.45) is 6.64. The number of hydrogen-bond acceptors (Lipinski definition) is 3. The molecule has 2 atom stereocenters. The van der Waals surface area contributed by atoms with Gasteiger partial charge < -0.3 is 14.6 Å². The third kappa shape index (κ3) is 9.25. The topological polar surface area (TPSA) is 38.7 Å². The van der Waals surface area contributed by atoms with Gasteiger partial charge in [0, 0.05) is 13.7 Å². The van der Waals surface area contributed by atoms with Crippen molar-refractivity contribution in [2.45, 2.75) is 90.4 Å². The monoisotopic (exact) mass is 668 g/mol. The Hall–Kier alpha value is -4.34. The van der Waals surface area contributed by atoms with Crippen LogP contribution in [0.4, 0.5) is 0 Å². The van der Waals surface area contributed by atoms with Crippen molar-refractivity contribution in [2.24, 2.45) is 0 Å². The summed E-state index contributed by atoms with van der Waals surface area (Å²) in [6, 6.07) is 38.5. The SMILES string of the molecule is CCc1c(Cc2ccccc2)c(C(C)C)c(CCc2ccc(O)cc2)c(C(C)Cc2ccccc2)c1C(CCOC)Cc1ccc(OC)cc1. The highest BCUT2D eigenvalue weighted by molar-refractivity contribution is 5.58. The summed E-state index contributed by atoms with van der Waals surface area (Å²) < 4.78 is 11.4. The fourth-order valence-electron chi connectivity index (χ4n) is 8.04. The van der Waals surface area contributed by atoms with Crippen LogP contribution in [0, 0.1) is 0 Å². The van der Waals surface area contributed by atoms with Crippen molar-refractivity contribution in [1.82, 2.24) is 0 Å². The molecule has 0 fully saturated rings. The van der Waals surface area contributed by atoms with E-state index in [9.17, 15) is 5.11 Å². The average Bonchev–Trinajstić information content (AvgIpc) is 3.13. The number of ether oxygens (including phenoxy) is 2. The van der Waals surface area contributed by atoms with Crippen molar-refractivity contribution in [1.29, 1.82) is 0 Å². The summed E-state index contributed by atoms with van der Waals surface area (Å²) in [5.74, 6) is 2.17. The molecule has 1 N–H and O–H groups in total.